The molecule has 7 nitrogen and oxygen atoms in total. The topological polar surface area (TPSA) is 69.5 Å². The van der Waals surface area contributed by atoms with E-state index in [1.165, 1.54) is 17.4 Å². The standard InChI is InChI=1S/C17H22N4O3/c1-20-17(24-3)18-15(19-20)16(22)21-9-8-13(11-21)10-12-4-6-14(23-2)7-5-12/h4-7,13H,8-11H2,1-3H3. The molecule has 1 aliphatic rings. The van der Waals surface area contributed by atoms with Gasteiger partial charge in [0.15, 0.2) is 0 Å². The molecule has 7 heteroatoms. The predicted molar refractivity (Wildman–Crippen MR) is 88.3 cm³/mol. The first-order valence-corrected chi connectivity index (χ1v) is 7.98. The normalized spacial score (nSPS) is 17.1. The molecule has 0 spiro atoms. The fourth-order valence-electron chi connectivity index (χ4n) is 3.06. The van der Waals surface area contributed by atoms with Gasteiger partial charge < -0.3 is 14.4 Å². The van der Waals surface area contributed by atoms with Crippen LogP contribution in [-0.4, -0.2) is 52.9 Å². The van der Waals surface area contributed by atoms with Crippen LogP contribution in [0.1, 0.15) is 22.6 Å². The summed E-state index contributed by atoms with van der Waals surface area (Å²) in [6.45, 7) is 1.46. The average molecular weight is 330 g/mol. The summed E-state index contributed by atoms with van der Waals surface area (Å²) in [6.07, 6.45) is 1.94. The lowest BCUT2D eigenvalue weighted by atomic mass is 9.99. The molecule has 2 aromatic rings. The second-order valence-electron chi connectivity index (χ2n) is 6.00. The van der Waals surface area contributed by atoms with Crippen molar-refractivity contribution in [1.29, 1.82) is 0 Å². The molecule has 3 rings (SSSR count). The Morgan fingerprint density at radius 2 is 2.00 bits per heavy atom. The summed E-state index contributed by atoms with van der Waals surface area (Å²) < 4.78 is 11.7. The van der Waals surface area contributed by atoms with E-state index in [1.807, 2.05) is 17.0 Å². The minimum atomic E-state index is -0.133. The average Bonchev–Trinajstić information content (AvgIpc) is 3.21. The lowest BCUT2D eigenvalue weighted by Crippen LogP contribution is -2.30. The van der Waals surface area contributed by atoms with Gasteiger partial charge in [0.2, 0.25) is 5.82 Å². The van der Waals surface area contributed by atoms with Gasteiger partial charge in [-0.2, -0.15) is 4.98 Å². The van der Waals surface area contributed by atoms with Crippen molar-refractivity contribution in [3.05, 3.63) is 35.7 Å². The van der Waals surface area contributed by atoms with E-state index in [4.69, 9.17) is 9.47 Å². The van der Waals surface area contributed by atoms with Crippen LogP contribution in [-0.2, 0) is 13.5 Å². The number of aryl methyl sites for hydroxylation is 1. The first kappa shape index (κ1) is 16.3. The minimum Gasteiger partial charge on any atom is -0.497 e. The van der Waals surface area contributed by atoms with Crippen LogP contribution in [0, 0.1) is 5.92 Å². The molecule has 0 N–H and O–H groups in total. The van der Waals surface area contributed by atoms with Crippen LogP contribution in [0.5, 0.6) is 11.8 Å². The Hall–Kier alpha value is -2.57. The largest absolute Gasteiger partial charge is 0.497 e. The van der Waals surface area contributed by atoms with E-state index in [0.29, 0.717) is 11.9 Å². The Morgan fingerprint density at radius 1 is 1.25 bits per heavy atom. The molecule has 1 aliphatic heterocycles. The van der Waals surface area contributed by atoms with Crippen molar-refractivity contribution in [2.75, 3.05) is 27.3 Å². The number of benzene rings is 1. The number of methoxy groups -OCH3 is 2. The molecular weight excluding hydrogens is 308 g/mol. The Balaban J connectivity index is 1.60. The van der Waals surface area contributed by atoms with Crippen LogP contribution in [0.3, 0.4) is 0 Å². The predicted octanol–water partition coefficient (Wildman–Crippen LogP) is 1.54. The molecule has 1 amide bonds. The fourth-order valence-corrected chi connectivity index (χ4v) is 3.06. The summed E-state index contributed by atoms with van der Waals surface area (Å²) in [5.41, 5.74) is 1.26. The highest BCUT2D eigenvalue weighted by Gasteiger charge is 2.29. The summed E-state index contributed by atoms with van der Waals surface area (Å²) in [7, 11) is 4.88. The van der Waals surface area contributed by atoms with E-state index >= 15 is 0 Å². The third-order valence-corrected chi connectivity index (χ3v) is 4.35. The number of likely N-dealkylation sites (tertiary alicyclic amines) is 1. The molecule has 24 heavy (non-hydrogen) atoms. The molecule has 0 saturated carbocycles. The van der Waals surface area contributed by atoms with Gasteiger partial charge in [0.05, 0.1) is 14.2 Å². The zero-order valence-electron chi connectivity index (χ0n) is 14.2. The van der Waals surface area contributed by atoms with Crippen LogP contribution in [0.2, 0.25) is 0 Å². The van der Waals surface area contributed by atoms with Crippen molar-refractivity contribution in [3.8, 4) is 11.8 Å². The second-order valence-corrected chi connectivity index (χ2v) is 6.00. The summed E-state index contributed by atoms with van der Waals surface area (Å²) >= 11 is 0. The van der Waals surface area contributed by atoms with Gasteiger partial charge in [0.25, 0.3) is 5.91 Å². The van der Waals surface area contributed by atoms with Gasteiger partial charge in [-0.15, -0.1) is 5.10 Å². The molecule has 1 unspecified atom stereocenters. The molecule has 0 aliphatic carbocycles. The summed E-state index contributed by atoms with van der Waals surface area (Å²) in [5.74, 6) is 1.37. The van der Waals surface area contributed by atoms with Crippen LogP contribution >= 0.6 is 0 Å². The van der Waals surface area contributed by atoms with E-state index < -0.39 is 0 Å². The van der Waals surface area contributed by atoms with Crippen molar-refractivity contribution < 1.29 is 14.3 Å². The number of ether oxygens (including phenoxy) is 2. The van der Waals surface area contributed by atoms with Gasteiger partial charge in [-0.1, -0.05) is 12.1 Å². The lowest BCUT2D eigenvalue weighted by molar-refractivity contribution is 0.0774. The summed E-state index contributed by atoms with van der Waals surface area (Å²) in [4.78, 5) is 18.5. The number of nitrogens with zero attached hydrogens (tertiary/aromatic N) is 4. The third-order valence-electron chi connectivity index (χ3n) is 4.35. The van der Waals surface area contributed by atoms with Gasteiger partial charge in [-0.25, -0.2) is 4.68 Å². The third kappa shape index (κ3) is 3.34. The van der Waals surface area contributed by atoms with Crippen molar-refractivity contribution in [1.82, 2.24) is 19.7 Å². The molecule has 1 atom stereocenters. The molecule has 0 bridgehead atoms. The SMILES string of the molecule is COc1ccc(CC2CCN(C(=O)c3nc(OC)n(C)n3)C2)cc1. The molecule has 128 valence electrons. The smallest absolute Gasteiger partial charge is 0.314 e. The lowest BCUT2D eigenvalue weighted by Gasteiger charge is -2.14. The summed E-state index contributed by atoms with van der Waals surface area (Å²) in [5, 5.41) is 4.13. The van der Waals surface area contributed by atoms with Gasteiger partial charge >= 0.3 is 6.01 Å². The monoisotopic (exact) mass is 330 g/mol. The highest BCUT2D eigenvalue weighted by molar-refractivity contribution is 5.90. The number of hydrogen-bond acceptors (Lipinski definition) is 5. The molecule has 1 aromatic carbocycles. The number of rotatable bonds is 5. The summed E-state index contributed by atoms with van der Waals surface area (Å²) in [6, 6.07) is 8.43. The van der Waals surface area contributed by atoms with E-state index in [0.717, 1.165) is 31.7 Å². The van der Waals surface area contributed by atoms with Crippen molar-refractivity contribution in [2.45, 2.75) is 12.8 Å². The maximum absolute atomic E-state index is 12.5. The van der Waals surface area contributed by atoms with E-state index in [1.54, 1.807) is 14.2 Å². The molecule has 1 fully saturated rings. The quantitative estimate of drug-likeness (QED) is 0.832. The number of aromatic nitrogens is 3. The molecule has 2 heterocycles. The first-order valence-electron chi connectivity index (χ1n) is 7.98. The Kier molecular flexibility index (Phi) is 4.69. The number of amides is 1. The highest BCUT2D eigenvalue weighted by atomic mass is 16.5. The maximum atomic E-state index is 12.5. The van der Waals surface area contributed by atoms with Crippen molar-refractivity contribution >= 4 is 5.91 Å². The molecular formula is C17H22N4O3. The number of carbonyl (C=O) groups is 1. The zero-order chi connectivity index (χ0) is 17.1. The number of carbonyl (C=O) groups excluding carboxylic acids is 1. The van der Waals surface area contributed by atoms with Crippen LogP contribution in [0.15, 0.2) is 24.3 Å². The molecule has 1 aromatic heterocycles. The van der Waals surface area contributed by atoms with E-state index in [9.17, 15) is 4.79 Å². The Labute approximate surface area is 141 Å². The highest BCUT2D eigenvalue weighted by Crippen LogP contribution is 2.23. The number of hydrogen-bond donors (Lipinski definition) is 0. The van der Waals surface area contributed by atoms with Crippen LogP contribution < -0.4 is 9.47 Å². The second kappa shape index (κ2) is 6.90. The first-order chi connectivity index (χ1) is 11.6. The zero-order valence-corrected chi connectivity index (χ0v) is 14.2. The van der Waals surface area contributed by atoms with Gasteiger partial charge in [-0.05, 0) is 36.5 Å². The Bertz CT molecular complexity index is 711. The van der Waals surface area contributed by atoms with E-state index in [-0.39, 0.29) is 11.7 Å². The van der Waals surface area contributed by atoms with Gasteiger partial charge in [-0.3, -0.25) is 4.79 Å². The minimum absolute atomic E-state index is 0.133. The van der Waals surface area contributed by atoms with Crippen molar-refractivity contribution in [2.24, 2.45) is 13.0 Å². The Morgan fingerprint density at radius 3 is 2.62 bits per heavy atom. The van der Waals surface area contributed by atoms with Crippen molar-refractivity contribution in [3.63, 3.8) is 0 Å². The molecule has 1 saturated heterocycles. The van der Waals surface area contributed by atoms with Gasteiger partial charge in [0, 0.05) is 20.1 Å². The molecule has 0 radical (unpaired) electrons. The van der Waals surface area contributed by atoms with Crippen LogP contribution in [0.4, 0.5) is 0 Å². The maximum Gasteiger partial charge on any atom is 0.314 e. The van der Waals surface area contributed by atoms with Gasteiger partial charge in [0.1, 0.15) is 5.75 Å². The van der Waals surface area contributed by atoms with Crippen LogP contribution in [0.25, 0.3) is 0 Å². The van der Waals surface area contributed by atoms with E-state index in [2.05, 4.69) is 22.2 Å². The fraction of sp³-hybridized carbons (Fsp3) is 0.471.